The van der Waals surface area contributed by atoms with E-state index in [1.165, 1.54) is 4.88 Å². The molecule has 0 atom stereocenters. The quantitative estimate of drug-likeness (QED) is 0.754. The molecule has 2 aromatic rings. The Balaban J connectivity index is 1.76. The van der Waals surface area contributed by atoms with Gasteiger partial charge in [0.1, 0.15) is 11.3 Å². The van der Waals surface area contributed by atoms with Crippen molar-refractivity contribution in [3.05, 3.63) is 52.2 Å². The lowest BCUT2D eigenvalue weighted by atomic mass is 10.2. The van der Waals surface area contributed by atoms with E-state index >= 15 is 0 Å². The molecule has 6 heteroatoms. The van der Waals surface area contributed by atoms with Gasteiger partial charge in [-0.2, -0.15) is 0 Å². The molecule has 1 aromatic heterocycles. The van der Waals surface area contributed by atoms with E-state index in [4.69, 9.17) is 9.47 Å². The van der Waals surface area contributed by atoms with Gasteiger partial charge >= 0.3 is 5.97 Å². The molecule has 0 fully saturated rings. The number of hydrogen-bond donors (Lipinski definition) is 1. The Hall–Kier alpha value is -2.34. The van der Waals surface area contributed by atoms with Crippen LogP contribution >= 0.6 is 11.3 Å². The largest absolute Gasteiger partial charge is 0.493 e. The van der Waals surface area contributed by atoms with Gasteiger partial charge in [0.05, 0.1) is 6.61 Å². The third kappa shape index (κ3) is 5.41. The van der Waals surface area contributed by atoms with Gasteiger partial charge in [-0.3, -0.25) is 4.79 Å². The zero-order chi connectivity index (χ0) is 16.5. The molecule has 0 saturated carbocycles. The summed E-state index contributed by atoms with van der Waals surface area (Å²) in [5.74, 6) is -0.427. The Labute approximate surface area is 139 Å². The van der Waals surface area contributed by atoms with Crippen molar-refractivity contribution in [2.45, 2.75) is 13.3 Å². The van der Waals surface area contributed by atoms with Crippen LogP contribution in [0.2, 0.25) is 0 Å². The van der Waals surface area contributed by atoms with Crippen molar-refractivity contribution in [3.63, 3.8) is 0 Å². The van der Waals surface area contributed by atoms with E-state index in [0.29, 0.717) is 24.5 Å². The minimum atomic E-state index is -0.567. The summed E-state index contributed by atoms with van der Waals surface area (Å²) in [5, 5.41) is 4.72. The molecule has 1 aromatic carbocycles. The Kier molecular flexibility index (Phi) is 6.62. The molecule has 0 aliphatic heterocycles. The standard InChI is InChI=1S/C17H19NO4S/c1-2-21-15-8-4-3-7-14(15)17(20)22-12-16(19)18-10-9-13-6-5-11-23-13/h3-8,11H,2,9-10,12H2,1H3,(H,18,19). The lowest BCUT2D eigenvalue weighted by Gasteiger charge is -2.10. The number of para-hydroxylation sites is 1. The van der Waals surface area contributed by atoms with Crippen LogP contribution in [0.1, 0.15) is 22.2 Å². The van der Waals surface area contributed by atoms with Crippen LogP contribution in [0.15, 0.2) is 41.8 Å². The summed E-state index contributed by atoms with van der Waals surface area (Å²) < 4.78 is 10.4. The smallest absolute Gasteiger partial charge is 0.342 e. The first-order valence-electron chi connectivity index (χ1n) is 7.38. The van der Waals surface area contributed by atoms with Crippen LogP contribution in [0.25, 0.3) is 0 Å². The molecule has 1 amide bonds. The number of carbonyl (C=O) groups is 2. The Morgan fingerprint density at radius 3 is 2.74 bits per heavy atom. The predicted octanol–water partition coefficient (Wildman–Crippen LogP) is 2.66. The van der Waals surface area contributed by atoms with Crippen LogP contribution in [0, 0.1) is 0 Å². The topological polar surface area (TPSA) is 64.6 Å². The van der Waals surface area contributed by atoms with E-state index in [2.05, 4.69) is 5.32 Å². The zero-order valence-corrected chi connectivity index (χ0v) is 13.7. The molecular formula is C17H19NO4S. The maximum atomic E-state index is 12.0. The molecule has 0 unspecified atom stereocenters. The monoisotopic (exact) mass is 333 g/mol. The number of benzene rings is 1. The first-order chi connectivity index (χ1) is 11.2. The minimum absolute atomic E-state index is 0.302. The Morgan fingerprint density at radius 2 is 2.00 bits per heavy atom. The van der Waals surface area contributed by atoms with Crippen molar-refractivity contribution in [3.8, 4) is 5.75 Å². The van der Waals surface area contributed by atoms with Crippen molar-refractivity contribution in [1.29, 1.82) is 0 Å². The molecule has 23 heavy (non-hydrogen) atoms. The van der Waals surface area contributed by atoms with Gasteiger partial charge in [-0.1, -0.05) is 18.2 Å². The van der Waals surface area contributed by atoms with Crippen LogP contribution in [0.5, 0.6) is 5.75 Å². The molecule has 0 radical (unpaired) electrons. The molecule has 0 aliphatic rings. The van der Waals surface area contributed by atoms with E-state index in [1.54, 1.807) is 35.6 Å². The van der Waals surface area contributed by atoms with Gasteiger partial charge in [-0.25, -0.2) is 4.79 Å². The zero-order valence-electron chi connectivity index (χ0n) is 12.9. The van der Waals surface area contributed by atoms with Gasteiger partial charge in [-0.15, -0.1) is 11.3 Å². The second kappa shape index (κ2) is 8.95. The number of esters is 1. The van der Waals surface area contributed by atoms with E-state index in [0.717, 1.165) is 6.42 Å². The maximum absolute atomic E-state index is 12.0. The Bertz CT molecular complexity index is 640. The Morgan fingerprint density at radius 1 is 1.17 bits per heavy atom. The minimum Gasteiger partial charge on any atom is -0.493 e. The van der Waals surface area contributed by atoms with E-state index in [1.807, 2.05) is 24.4 Å². The van der Waals surface area contributed by atoms with Gasteiger partial charge in [0.15, 0.2) is 6.61 Å². The summed E-state index contributed by atoms with van der Waals surface area (Å²) in [4.78, 5) is 24.9. The summed E-state index contributed by atoms with van der Waals surface area (Å²) in [6.45, 7) is 2.51. The number of amides is 1. The summed E-state index contributed by atoms with van der Waals surface area (Å²) in [7, 11) is 0. The molecule has 0 bridgehead atoms. The maximum Gasteiger partial charge on any atom is 0.342 e. The number of hydrogen-bond acceptors (Lipinski definition) is 5. The highest BCUT2D eigenvalue weighted by Gasteiger charge is 2.14. The number of ether oxygens (including phenoxy) is 2. The number of carbonyl (C=O) groups excluding carboxylic acids is 2. The van der Waals surface area contributed by atoms with Gasteiger partial charge in [0.2, 0.25) is 0 Å². The van der Waals surface area contributed by atoms with Gasteiger partial charge < -0.3 is 14.8 Å². The molecule has 1 heterocycles. The van der Waals surface area contributed by atoms with Crippen molar-refractivity contribution in [2.75, 3.05) is 19.8 Å². The van der Waals surface area contributed by atoms with Crippen LogP contribution in [-0.2, 0) is 16.0 Å². The fourth-order valence-corrected chi connectivity index (χ4v) is 2.67. The molecule has 122 valence electrons. The number of nitrogens with one attached hydrogen (secondary N) is 1. The molecule has 0 spiro atoms. The highest BCUT2D eigenvalue weighted by Crippen LogP contribution is 2.18. The fraction of sp³-hybridized carbons (Fsp3) is 0.294. The SMILES string of the molecule is CCOc1ccccc1C(=O)OCC(=O)NCCc1cccs1. The first-order valence-corrected chi connectivity index (χ1v) is 8.26. The van der Waals surface area contributed by atoms with Gasteiger partial charge in [0, 0.05) is 11.4 Å². The highest BCUT2D eigenvalue weighted by atomic mass is 32.1. The van der Waals surface area contributed by atoms with E-state index in [-0.39, 0.29) is 12.5 Å². The average molecular weight is 333 g/mol. The lowest BCUT2D eigenvalue weighted by molar-refractivity contribution is -0.124. The van der Waals surface area contributed by atoms with Gasteiger partial charge in [0.25, 0.3) is 5.91 Å². The second-order valence-electron chi connectivity index (χ2n) is 4.68. The third-order valence-electron chi connectivity index (χ3n) is 3.01. The fourth-order valence-electron chi connectivity index (χ4n) is 1.96. The molecule has 0 saturated heterocycles. The molecule has 2 rings (SSSR count). The molecular weight excluding hydrogens is 314 g/mol. The van der Waals surface area contributed by atoms with Crippen LogP contribution in [0.3, 0.4) is 0 Å². The van der Waals surface area contributed by atoms with Crippen LogP contribution in [-0.4, -0.2) is 31.6 Å². The van der Waals surface area contributed by atoms with Crippen molar-refractivity contribution >= 4 is 23.2 Å². The van der Waals surface area contributed by atoms with Crippen molar-refractivity contribution in [2.24, 2.45) is 0 Å². The lowest BCUT2D eigenvalue weighted by Crippen LogP contribution is -2.30. The van der Waals surface area contributed by atoms with Crippen LogP contribution < -0.4 is 10.1 Å². The van der Waals surface area contributed by atoms with Gasteiger partial charge in [-0.05, 0) is 36.9 Å². The summed E-state index contributed by atoms with van der Waals surface area (Å²) >= 11 is 1.65. The third-order valence-corrected chi connectivity index (χ3v) is 3.95. The van der Waals surface area contributed by atoms with Crippen LogP contribution in [0.4, 0.5) is 0 Å². The summed E-state index contributed by atoms with van der Waals surface area (Å²) in [6, 6.07) is 10.8. The number of thiophene rings is 1. The van der Waals surface area contributed by atoms with Crippen molar-refractivity contribution < 1.29 is 19.1 Å². The second-order valence-corrected chi connectivity index (χ2v) is 5.72. The first kappa shape index (κ1) is 17.0. The summed E-state index contributed by atoms with van der Waals surface area (Å²) in [5.41, 5.74) is 0.320. The molecule has 5 nitrogen and oxygen atoms in total. The van der Waals surface area contributed by atoms with E-state index in [9.17, 15) is 9.59 Å². The highest BCUT2D eigenvalue weighted by molar-refractivity contribution is 7.09. The van der Waals surface area contributed by atoms with Crippen molar-refractivity contribution in [1.82, 2.24) is 5.32 Å². The predicted molar refractivity (Wildman–Crippen MR) is 88.9 cm³/mol. The number of rotatable bonds is 8. The van der Waals surface area contributed by atoms with E-state index < -0.39 is 5.97 Å². The summed E-state index contributed by atoms with van der Waals surface area (Å²) in [6.07, 6.45) is 0.768. The molecule has 0 aliphatic carbocycles. The average Bonchev–Trinajstić information content (AvgIpc) is 3.07. The molecule has 1 N–H and O–H groups in total. The normalized spacial score (nSPS) is 10.1.